The van der Waals surface area contributed by atoms with E-state index in [1.807, 2.05) is 55.7 Å². The maximum Gasteiger partial charge on any atom is 0.308 e. The molecular formula is C41H51FN4O12. The number of amides is 1. The summed E-state index contributed by atoms with van der Waals surface area (Å²) in [7, 11) is 0. The summed E-state index contributed by atoms with van der Waals surface area (Å²) in [4.78, 5) is 56.1. The van der Waals surface area contributed by atoms with Gasteiger partial charge in [0.2, 0.25) is 0 Å². The second-order valence-electron chi connectivity index (χ2n) is 13.5. The number of hydrogen-bond donors (Lipinski definition) is 3. The Kier molecular flexibility index (Phi) is 19.2. The molecule has 1 heterocycles. The largest absolute Gasteiger partial charge is 0.466 e. The normalized spacial score (nSPS) is 13.2. The van der Waals surface area contributed by atoms with E-state index < -0.39 is 46.9 Å². The van der Waals surface area contributed by atoms with E-state index in [2.05, 4.69) is 21.6 Å². The third-order valence-corrected chi connectivity index (χ3v) is 8.67. The van der Waals surface area contributed by atoms with Crippen LogP contribution in [-0.2, 0) is 30.5 Å². The van der Waals surface area contributed by atoms with Crippen LogP contribution in [0, 0.1) is 26.0 Å². The van der Waals surface area contributed by atoms with Gasteiger partial charge in [-0.25, -0.2) is 4.39 Å². The first-order valence-corrected chi connectivity index (χ1v) is 18.8. The molecule has 0 aliphatic carbocycles. The zero-order chi connectivity index (χ0) is 42.6. The number of esters is 1. The van der Waals surface area contributed by atoms with Gasteiger partial charge in [-0.2, -0.15) is 0 Å². The first-order valence-electron chi connectivity index (χ1n) is 18.8. The van der Waals surface area contributed by atoms with Crippen molar-refractivity contribution < 1.29 is 53.5 Å². The number of nitrogens with zero attached hydrogens (tertiary/aromatic N) is 3. The molecule has 0 aliphatic heterocycles. The van der Waals surface area contributed by atoms with Gasteiger partial charge in [0, 0.05) is 43.1 Å². The van der Waals surface area contributed by atoms with E-state index in [0.717, 1.165) is 0 Å². The maximum atomic E-state index is 14.3. The number of aliphatic hydroxyl groups is 2. The number of allylic oxidation sites excluding steroid dienone is 5. The highest BCUT2D eigenvalue weighted by Crippen LogP contribution is 2.41. The first kappa shape index (κ1) is 46.5. The van der Waals surface area contributed by atoms with Gasteiger partial charge >= 0.3 is 5.97 Å². The topological polar surface area (TPSA) is 215 Å². The van der Waals surface area contributed by atoms with Crippen LogP contribution in [0.4, 0.5) is 10.1 Å². The van der Waals surface area contributed by atoms with E-state index in [9.17, 15) is 44.4 Å². The molecule has 1 aromatic heterocycles. The number of para-hydroxylation sites is 1. The SMILES string of the molecule is C=C/C=C(\C=C/C)c1c(C(=O)Nc2ccccc2)c(C(C)C)n(CCC(O)CC(O)CC(=O)OCCCOCCC(CO[N+](=O)[O-])O[N+](=O)[O-])c1-c1ccc(F)cc1. The highest BCUT2D eigenvalue weighted by atomic mass is 19.1. The molecule has 58 heavy (non-hydrogen) atoms. The molecule has 314 valence electrons. The zero-order valence-corrected chi connectivity index (χ0v) is 32.8. The molecule has 2 aromatic carbocycles. The number of aliphatic hydroxyl groups excluding tert-OH is 2. The lowest BCUT2D eigenvalue weighted by Crippen LogP contribution is -2.26. The monoisotopic (exact) mass is 810 g/mol. The summed E-state index contributed by atoms with van der Waals surface area (Å²) in [5, 5.41) is 43.6. The summed E-state index contributed by atoms with van der Waals surface area (Å²) in [5.74, 6) is -1.69. The fourth-order valence-electron chi connectivity index (χ4n) is 6.27. The molecule has 0 fully saturated rings. The number of carbonyl (C=O) groups is 2. The van der Waals surface area contributed by atoms with E-state index in [-0.39, 0.29) is 70.3 Å². The maximum absolute atomic E-state index is 14.3. The molecule has 0 spiro atoms. The predicted octanol–water partition coefficient (Wildman–Crippen LogP) is 6.83. The van der Waals surface area contributed by atoms with Crippen LogP contribution < -0.4 is 5.32 Å². The number of ether oxygens (including phenoxy) is 2. The Hall–Kier alpha value is -5.91. The summed E-state index contributed by atoms with van der Waals surface area (Å²) >= 11 is 0. The van der Waals surface area contributed by atoms with Crippen molar-refractivity contribution in [3.8, 4) is 11.3 Å². The third kappa shape index (κ3) is 14.9. The number of rotatable bonds is 26. The summed E-state index contributed by atoms with van der Waals surface area (Å²) < 4.78 is 26.7. The lowest BCUT2D eigenvalue weighted by molar-refractivity contribution is -0.790. The van der Waals surface area contributed by atoms with E-state index in [1.54, 1.807) is 36.4 Å². The minimum Gasteiger partial charge on any atom is -0.466 e. The summed E-state index contributed by atoms with van der Waals surface area (Å²) in [6, 6.07) is 15.0. The van der Waals surface area contributed by atoms with Crippen molar-refractivity contribution in [2.24, 2.45) is 0 Å². The molecule has 17 heteroatoms. The molecule has 1 amide bonds. The van der Waals surface area contributed by atoms with Crippen LogP contribution in [0.25, 0.3) is 16.8 Å². The number of hydrogen-bond acceptors (Lipinski definition) is 12. The average molecular weight is 811 g/mol. The van der Waals surface area contributed by atoms with Crippen molar-refractivity contribution in [2.45, 2.75) is 83.6 Å². The van der Waals surface area contributed by atoms with Gasteiger partial charge in [-0.15, -0.1) is 20.2 Å². The minimum atomic E-state index is -1.23. The quantitative estimate of drug-likeness (QED) is 0.0250. The molecule has 0 aliphatic rings. The van der Waals surface area contributed by atoms with E-state index in [1.165, 1.54) is 12.1 Å². The van der Waals surface area contributed by atoms with Gasteiger partial charge in [0.25, 0.3) is 16.1 Å². The number of halogens is 1. The Morgan fingerprint density at radius 1 is 0.966 bits per heavy atom. The Bertz CT molecular complexity index is 1880. The summed E-state index contributed by atoms with van der Waals surface area (Å²) in [5.41, 5.74) is 4.22. The standard InChI is InChI=1S/C41H51FN4O12/c1-5-11-29(12-6-2)37-38(41(50)43-32-13-8-7-9-14-32)39(28(3)4)44(40(37)30-15-17-31(42)18-16-30)21-19-33(47)25-34(48)26-36(49)56-23-10-22-55-24-20-35(58-46(53)54)27-57-45(51)52/h5-9,11-18,28,33-35,47-48H,1,10,19-27H2,2-4H3,(H,43,50)/b12-6-,29-11+. The molecule has 0 saturated heterocycles. The Morgan fingerprint density at radius 2 is 1.67 bits per heavy atom. The Balaban J connectivity index is 1.73. The van der Waals surface area contributed by atoms with Crippen LogP contribution in [0.3, 0.4) is 0 Å². The minimum absolute atomic E-state index is 0.0385. The molecule has 3 aromatic rings. The van der Waals surface area contributed by atoms with E-state index in [4.69, 9.17) is 9.47 Å². The van der Waals surface area contributed by atoms with Gasteiger partial charge in [0.05, 0.1) is 36.5 Å². The van der Waals surface area contributed by atoms with Crippen LogP contribution in [0.5, 0.6) is 0 Å². The zero-order valence-electron chi connectivity index (χ0n) is 32.8. The van der Waals surface area contributed by atoms with Crippen molar-refractivity contribution >= 4 is 23.1 Å². The van der Waals surface area contributed by atoms with Crippen molar-refractivity contribution in [1.29, 1.82) is 0 Å². The van der Waals surface area contributed by atoms with Gasteiger partial charge < -0.3 is 39.2 Å². The van der Waals surface area contributed by atoms with Crippen LogP contribution in [-0.4, -0.2) is 81.6 Å². The molecule has 16 nitrogen and oxygen atoms in total. The second kappa shape index (κ2) is 24.0. The van der Waals surface area contributed by atoms with Crippen LogP contribution >= 0.6 is 0 Å². The predicted molar refractivity (Wildman–Crippen MR) is 213 cm³/mol. The lowest BCUT2D eigenvalue weighted by Gasteiger charge is -2.20. The number of aromatic nitrogens is 1. The van der Waals surface area contributed by atoms with Crippen molar-refractivity contribution in [3.05, 3.63) is 128 Å². The highest BCUT2D eigenvalue weighted by Gasteiger charge is 2.31. The van der Waals surface area contributed by atoms with Gasteiger partial charge in [0.1, 0.15) is 18.5 Å². The molecule has 3 unspecified atom stereocenters. The molecule has 0 bridgehead atoms. The molecule has 3 atom stereocenters. The summed E-state index contributed by atoms with van der Waals surface area (Å²) in [6.45, 7) is 9.21. The van der Waals surface area contributed by atoms with Crippen LogP contribution in [0.15, 0.2) is 85.5 Å². The fraction of sp³-hybridized carbons (Fsp3) is 0.415. The van der Waals surface area contributed by atoms with Gasteiger partial charge in [-0.1, -0.05) is 62.9 Å². The number of carbonyl (C=O) groups excluding carboxylic acids is 2. The van der Waals surface area contributed by atoms with Gasteiger partial charge in [0.15, 0.2) is 0 Å². The van der Waals surface area contributed by atoms with Gasteiger partial charge in [-0.3, -0.25) is 9.59 Å². The number of benzene rings is 2. The van der Waals surface area contributed by atoms with Crippen LogP contribution in [0.1, 0.15) is 80.4 Å². The number of anilines is 1. The molecule has 0 radical (unpaired) electrons. The van der Waals surface area contributed by atoms with E-state index in [0.29, 0.717) is 39.3 Å². The molecular weight excluding hydrogens is 759 g/mol. The number of nitrogens with one attached hydrogen (secondary N) is 1. The van der Waals surface area contributed by atoms with Crippen molar-refractivity contribution in [1.82, 2.24) is 4.57 Å². The average Bonchev–Trinajstić information content (AvgIpc) is 3.51. The van der Waals surface area contributed by atoms with Crippen LogP contribution in [0.2, 0.25) is 0 Å². The molecule has 3 N–H and O–H groups in total. The smallest absolute Gasteiger partial charge is 0.308 e. The second-order valence-corrected chi connectivity index (χ2v) is 13.5. The Morgan fingerprint density at radius 3 is 2.29 bits per heavy atom. The summed E-state index contributed by atoms with van der Waals surface area (Å²) in [6.07, 6.45) is 3.40. The molecule has 0 saturated carbocycles. The fourth-order valence-corrected chi connectivity index (χ4v) is 6.27. The highest BCUT2D eigenvalue weighted by molar-refractivity contribution is 6.11. The van der Waals surface area contributed by atoms with Gasteiger partial charge in [-0.05, 0) is 79.6 Å². The molecule has 3 rings (SSSR count). The third-order valence-electron chi connectivity index (χ3n) is 8.67. The van der Waals surface area contributed by atoms with Crippen molar-refractivity contribution in [2.75, 3.05) is 31.7 Å². The van der Waals surface area contributed by atoms with E-state index >= 15 is 0 Å². The lowest BCUT2D eigenvalue weighted by atomic mass is 9.93. The van der Waals surface area contributed by atoms with Crippen molar-refractivity contribution in [3.63, 3.8) is 0 Å². The Labute approximate surface area is 335 Å². The first-order chi connectivity index (χ1) is 27.7.